The lowest BCUT2D eigenvalue weighted by molar-refractivity contribution is 0.108. The van der Waals surface area contributed by atoms with Crippen LogP contribution in [0.1, 0.15) is 25.3 Å². The number of hydrogen-bond acceptors (Lipinski definition) is 5. The Morgan fingerprint density at radius 3 is 2.25 bits per heavy atom. The highest BCUT2D eigenvalue weighted by Crippen LogP contribution is 2.30. The Hall–Kier alpha value is -1.80. The largest absolute Gasteiger partial charge is 0.495 e. The highest BCUT2D eigenvalue weighted by molar-refractivity contribution is 7.89. The van der Waals surface area contributed by atoms with Crippen LogP contribution in [0.4, 0.5) is 4.79 Å². The van der Waals surface area contributed by atoms with Crippen LogP contribution in [0.25, 0.3) is 0 Å². The van der Waals surface area contributed by atoms with E-state index in [1.54, 1.807) is 12.1 Å². The second-order valence-corrected chi connectivity index (χ2v) is 7.83. The van der Waals surface area contributed by atoms with E-state index in [-0.39, 0.29) is 23.9 Å². The van der Waals surface area contributed by atoms with Crippen LogP contribution in [0.15, 0.2) is 23.1 Å². The van der Waals surface area contributed by atoms with Gasteiger partial charge in [0.05, 0.1) is 14.2 Å². The summed E-state index contributed by atoms with van der Waals surface area (Å²) in [5, 5.41) is 0. The number of sulfonamides is 1. The van der Waals surface area contributed by atoms with Crippen LogP contribution in [-0.2, 0) is 14.8 Å². The molecule has 1 aromatic rings. The summed E-state index contributed by atoms with van der Waals surface area (Å²) in [7, 11) is -0.896. The summed E-state index contributed by atoms with van der Waals surface area (Å²) >= 11 is 0. The average molecular weight is 356 g/mol. The molecule has 0 radical (unpaired) electrons. The van der Waals surface area contributed by atoms with E-state index in [1.165, 1.54) is 23.4 Å². The molecule has 0 bridgehead atoms. The summed E-state index contributed by atoms with van der Waals surface area (Å²) in [5.74, 6) is 0.621. The SMILES string of the molecule is COC(=O)N1CCN(S(=O)(=O)c2ccc(C(C)C)cc2OC)CC1. The van der Waals surface area contributed by atoms with Crippen LogP contribution in [0.3, 0.4) is 0 Å². The summed E-state index contributed by atoms with van der Waals surface area (Å²) in [6.07, 6.45) is -0.439. The van der Waals surface area contributed by atoms with Crippen molar-refractivity contribution in [3.05, 3.63) is 23.8 Å². The van der Waals surface area contributed by atoms with Gasteiger partial charge in [0, 0.05) is 26.2 Å². The van der Waals surface area contributed by atoms with E-state index >= 15 is 0 Å². The summed E-state index contributed by atoms with van der Waals surface area (Å²) in [4.78, 5) is 13.2. The van der Waals surface area contributed by atoms with Crippen molar-refractivity contribution in [1.82, 2.24) is 9.21 Å². The third kappa shape index (κ3) is 3.64. The second-order valence-electron chi connectivity index (χ2n) is 5.93. The van der Waals surface area contributed by atoms with Gasteiger partial charge in [0.1, 0.15) is 10.6 Å². The van der Waals surface area contributed by atoms with Crippen molar-refractivity contribution in [2.75, 3.05) is 40.4 Å². The first-order valence-corrected chi connectivity index (χ1v) is 9.26. The summed E-state index contributed by atoms with van der Waals surface area (Å²) in [6, 6.07) is 5.17. The van der Waals surface area contributed by atoms with Gasteiger partial charge in [-0.15, -0.1) is 0 Å². The molecule has 0 spiro atoms. The van der Waals surface area contributed by atoms with Crippen LogP contribution < -0.4 is 4.74 Å². The number of rotatable bonds is 4. The maximum absolute atomic E-state index is 12.9. The molecular formula is C16H24N2O5S. The molecule has 7 nitrogen and oxygen atoms in total. The number of hydrogen-bond donors (Lipinski definition) is 0. The summed E-state index contributed by atoms with van der Waals surface area (Å²) in [5.41, 5.74) is 1.02. The Balaban J connectivity index is 2.24. The van der Waals surface area contributed by atoms with E-state index in [0.717, 1.165) is 5.56 Å². The number of carbonyl (C=O) groups excluding carboxylic acids is 1. The fraction of sp³-hybridized carbons (Fsp3) is 0.562. The number of piperazine rings is 1. The van der Waals surface area contributed by atoms with Crippen molar-refractivity contribution >= 4 is 16.1 Å². The number of methoxy groups -OCH3 is 2. The molecule has 1 aliphatic heterocycles. The van der Waals surface area contributed by atoms with Crippen molar-refractivity contribution in [3.63, 3.8) is 0 Å². The fourth-order valence-electron chi connectivity index (χ4n) is 2.64. The van der Waals surface area contributed by atoms with Gasteiger partial charge in [0.15, 0.2) is 0 Å². The average Bonchev–Trinajstić information content (AvgIpc) is 2.60. The van der Waals surface area contributed by atoms with Gasteiger partial charge < -0.3 is 14.4 Å². The van der Waals surface area contributed by atoms with Gasteiger partial charge in [0.2, 0.25) is 10.0 Å². The smallest absolute Gasteiger partial charge is 0.409 e. The Morgan fingerprint density at radius 2 is 1.75 bits per heavy atom. The van der Waals surface area contributed by atoms with E-state index in [2.05, 4.69) is 4.74 Å². The maximum Gasteiger partial charge on any atom is 0.409 e. The highest BCUT2D eigenvalue weighted by Gasteiger charge is 2.32. The lowest BCUT2D eigenvalue weighted by Crippen LogP contribution is -2.50. The zero-order valence-electron chi connectivity index (χ0n) is 14.5. The molecule has 2 rings (SSSR count). The Labute approximate surface area is 143 Å². The van der Waals surface area contributed by atoms with Crippen LogP contribution >= 0.6 is 0 Å². The first-order valence-electron chi connectivity index (χ1n) is 7.82. The molecule has 0 N–H and O–H groups in total. The van der Waals surface area contributed by atoms with Crippen LogP contribution in [0, 0.1) is 0 Å². The van der Waals surface area contributed by atoms with Crippen molar-refractivity contribution in [3.8, 4) is 5.75 Å². The lowest BCUT2D eigenvalue weighted by atomic mass is 10.0. The standard InChI is InChI=1S/C16H24N2O5S/c1-12(2)13-5-6-15(14(11-13)22-3)24(20,21)18-9-7-17(8-10-18)16(19)23-4/h5-6,11-12H,7-10H2,1-4H3. The van der Waals surface area contributed by atoms with Crippen LogP contribution in [-0.4, -0.2) is 64.1 Å². The van der Waals surface area contributed by atoms with E-state index in [1.807, 2.05) is 19.9 Å². The molecule has 1 aliphatic rings. The third-order valence-corrected chi connectivity index (χ3v) is 6.08. The topological polar surface area (TPSA) is 76.2 Å². The zero-order chi connectivity index (χ0) is 17.9. The van der Waals surface area contributed by atoms with E-state index in [9.17, 15) is 13.2 Å². The van der Waals surface area contributed by atoms with Gasteiger partial charge in [-0.1, -0.05) is 19.9 Å². The maximum atomic E-state index is 12.9. The van der Waals surface area contributed by atoms with Gasteiger partial charge in [-0.05, 0) is 23.6 Å². The van der Waals surface area contributed by atoms with Crippen molar-refractivity contribution in [2.24, 2.45) is 0 Å². The molecule has 0 atom stereocenters. The Kier molecular flexibility index (Phi) is 5.71. The molecule has 1 saturated heterocycles. The minimum atomic E-state index is -3.67. The van der Waals surface area contributed by atoms with Gasteiger partial charge in [-0.25, -0.2) is 13.2 Å². The van der Waals surface area contributed by atoms with Crippen LogP contribution in [0.2, 0.25) is 0 Å². The molecule has 0 aliphatic carbocycles. The predicted octanol–water partition coefficient (Wildman–Crippen LogP) is 1.89. The molecular weight excluding hydrogens is 332 g/mol. The molecule has 134 valence electrons. The van der Waals surface area contributed by atoms with Crippen LogP contribution in [0.5, 0.6) is 5.75 Å². The van der Waals surface area contributed by atoms with Gasteiger partial charge in [-0.2, -0.15) is 4.31 Å². The zero-order valence-corrected chi connectivity index (χ0v) is 15.3. The Morgan fingerprint density at radius 1 is 1.12 bits per heavy atom. The van der Waals surface area contributed by atoms with Gasteiger partial charge >= 0.3 is 6.09 Å². The van der Waals surface area contributed by atoms with Crippen molar-refractivity contribution in [2.45, 2.75) is 24.7 Å². The molecule has 24 heavy (non-hydrogen) atoms. The number of benzene rings is 1. The monoisotopic (exact) mass is 356 g/mol. The van der Waals surface area contributed by atoms with Gasteiger partial charge in [-0.3, -0.25) is 0 Å². The molecule has 1 amide bonds. The number of nitrogens with zero attached hydrogens (tertiary/aromatic N) is 2. The molecule has 0 unspecified atom stereocenters. The number of carbonyl (C=O) groups is 1. The fourth-order valence-corrected chi connectivity index (χ4v) is 4.19. The number of ether oxygens (including phenoxy) is 2. The first kappa shape index (κ1) is 18.5. The molecule has 1 heterocycles. The van der Waals surface area contributed by atoms with Crippen molar-refractivity contribution < 1.29 is 22.7 Å². The molecule has 0 aromatic heterocycles. The predicted molar refractivity (Wildman–Crippen MR) is 89.8 cm³/mol. The number of amides is 1. The molecule has 0 saturated carbocycles. The molecule has 8 heteroatoms. The summed E-state index contributed by atoms with van der Waals surface area (Å²) in [6.45, 7) is 5.14. The second kappa shape index (κ2) is 7.40. The normalized spacial score (nSPS) is 16.3. The first-order chi connectivity index (χ1) is 11.3. The third-order valence-electron chi connectivity index (χ3n) is 4.14. The molecule has 1 fully saturated rings. The lowest BCUT2D eigenvalue weighted by Gasteiger charge is -2.33. The highest BCUT2D eigenvalue weighted by atomic mass is 32.2. The van der Waals surface area contributed by atoms with E-state index < -0.39 is 16.1 Å². The summed E-state index contributed by atoms with van der Waals surface area (Å²) < 4.78 is 37.2. The molecule has 1 aromatic carbocycles. The van der Waals surface area contributed by atoms with Crippen molar-refractivity contribution in [1.29, 1.82) is 0 Å². The minimum absolute atomic E-state index is 0.154. The Bertz CT molecular complexity index is 694. The quantitative estimate of drug-likeness (QED) is 0.823. The van der Waals surface area contributed by atoms with E-state index in [4.69, 9.17) is 4.74 Å². The minimum Gasteiger partial charge on any atom is -0.495 e. The van der Waals surface area contributed by atoms with E-state index in [0.29, 0.717) is 18.8 Å². The van der Waals surface area contributed by atoms with Gasteiger partial charge in [0.25, 0.3) is 0 Å².